The molecule has 0 aromatic carbocycles. The molecule has 1 rings (SSSR count). The molecule has 0 radical (unpaired) electrons. The Labute approximate surface area is 90.2 Å². The van der Waals surface area contributed by atoms with Gasteiger partial charge in [0, 0.05) is 5.56 Å². The van der Waals surface area contributed by atoms with Crippen molar-refractivity contribution in [3.8, 4) is 0 Å². The van der Waals surface area contributed by atoms with E-state index in [-0.39, 0.29) is 12.4 Å². The Balaban J connectivity index is 2.71. The number of halogens is 1. The molecule has 0 aliphatic carbocycles. The van der Waals surface area contributed by atoms with Crippen molar-refractivity contribution in [3.05, 3.63) is 33.7 Å². The predicted octanol–water partition coefficient (Wildman–Crippen LogP) is 1.19. The van der Waals surface area contributed by atoms with Gasteiger partial charge in [-0.25, -0.2) is 0 Å². The molecule has 4 nitrogen and oxygen atoms in total. The summed E-state index contributed by atoms with van der Waals surface area (Å²) in [7, 11) is 0. The molecule has 14 heavy (non-hydrogen) atoms. The molecule has 0 N–H and O–H groups in total. The van der Waals surface area contributed by atoms with Gasteiger partial charge in [-0.1, -0.05) is 0 Å². The van der Waals surface area contributed by atoms with Gasteiger partial charge in [-0.15, -0.1) is 0 Å². The molecule has 0 bridgehead atoms. The van der Waals surface area contributed by atoms with Crippen LogP contribution in [0.1, 0.15) is 12.5 Å². The van der Waals surface area contributed by atoms with Gasteiger partial charge in [0.15, 0.2) is 12.4 Å². The quantitative estimate of drug-likeness (QED) is 0.466. The zero-order valence-corrected chi connectivity index (χ0v) is 9.28. The maximum atomic E-state index is 11.1. The Hall–Kier alpha value is -1.10. The molecule has 0 aliphatic heterocycles. The highest BCUT2D eigenvalue weighted by Crippen LogP contribution is 2.09. The molecule has 5 heteroatoms. The van der Waals surface area contributed by atoms with E-state index in [4.69, 9.17) is 4.74 Å². The predicted molar refractivity (Wildman–Crippen MR) is 53.4 cm³/mol. The first-order valence-electron chi connectivity index (χ1n) is 4.15. The van der Waals surface area contributed by atoms with Gasteiger partial charge in [-0.3, -0.25) is 4.79 Å². The summed E-state index contributed by atoms with van der Waals surface area (Å²) in [5.74, 6) is -0.328. The van der Waals surface area contributed by atoms with Crippen LogP contribution in [-0.4, -0.2) is 12.6 Å². The number of esters is 1. The molecule has 0 unspecified atom stereocenters. The Kier molecular flexibility index (Phi) is 3.88. The second kappa shape index (κ2) is 4.95. The van der Waals surface area contributed by atoms with Crippen LogP contribution in [0, 0.1) is 5.21 Å². The van der Waals surface area contributed by atoms with Gasteiger partial charge >= 0.3 is 5.97 Å². The number of hydrogen-bond donors (Lipinski definition) is 0. The van der Waals surface area contributed by atoms with E-state index in [2.05, 4.69) is 15.9 Å². The summed E-state index contributed by atoms with van der Waals surface area (Å²) in [6, 6.07) is 1.71. The third-order valence-corrected chi connectivity index (χ3v) is 1.95. The van der Waals surface area contributed by atoms with Crippen LogP contribution in [0.2, 0.25) is 0 Å². The highest BCUT2D eigenvalue weighted by atomic mass is 79.9. The smallest absolute Gasteiger partial charge is 0.310 e. The first-order valence-corrected chi connectivity index (χ1v) is 4.95. The van der Waals surface area contributed by atoms with Gasteiger partial charge < -0.3 is 9.94 Å². The van der Waals surface area contributed by atoms with E-state index >= 15 is 0 Å². The number of hydrogen-bond acceptors (Lipinski definition) is 3. The molecule has 0 amide bonds. The monoisotopic (exact) mass is 259 g/mol. The van der Waals surface area contributed by atoms with Crippen LogP contribution < -0.4 is 4.73 Å². The number of nitrogens with zero attached hydrogens (tertiary/aromatic N) is 1. The highest BCUT2D eigenvalue weighted by molar-refractivity contribution is 9.10. The fourth-order valence-electron chi connectivity index (χ4n) is 1.05. The van der Waals surface area contributed by atoms with Gasteiger partial charge in [0.05, 0.1) is 17.5 Å². The van der Waals surface area contributed by atoms with E-state index in [0.29, 0.717) is 21.4 Å². The lowest BCUT2D eigenvalue weighted by Gasteiger charge is -2.02. The first-order chi connectivity index (χ1) is 6.61. The van der Waals surface area contributed by atoms with Crippen molar-refractivity contribution in [1.82, 2.24) is 0 Å². The standard InChI is InChI=1S/C9H10BrNO3/c1-2-14-9(12)4-7-3-8(10)6-11(13)5-7/h3,5-6H,2,4H2,1H3. The van der Waals surface area contributed by atoms with E-state index in [9.17, 15) is 10.0 Å². The van der Waals surface area contributed by atoms with Gasteiger partial charge in [0.1, 0.15) is 0 Å². The third kappa shape index (κ3) is 3.33. The van der Waals surface area contributed by atoms with Crippen molar-refractivity contribution in [2.75, 3.05) is 6.61 Å². The Morgan fingerprint density at radius 3 is 2.93 bits per heavy atom. The second-order valence-electron chi connectivity index (χ2n) is 2.70. The topological polar surface area (TPSA) is 53.2 Å². The van der Waals surface area contributed by atoms with Crippen LogP contribution in [0.25, 0.3) is 0 Å². The van der Waals surface area contributed by atoms with Crippen molar-refractivity contribution in [2.24, 2.45) is 0 Å². The minimum atomic E-state index is -0.328. The van der Waals surface area contributed by atoms with Crippen molar-refractivity contribution >= 4 is 21.9 Å². The number of pyridine rings is 1. The highest BCUT2D eigenvalue weighted by Gasteiger charge is 2.07. The van der Waals surface area contributed by atoms with Crippen LogP contribution in [0.15, 0.2) is 22.9 Å². The summed E-state index contributed by atoms with van der Waals surface area (Å²) in [4.78, 5) is 11.1. The van der Waals surface area contributed by atoms with Gasteiger partial charge in [-0.2, -0.15) is 4.73 Å². The van der Waals surface area contributed by atoms with Crippen molar-refractivity contribution in [2.45, 2.75) is 13.3 Å². The lowest BCUT2D eigenvalue weighted by Crippen LogP contribution is -2.26. The minimum absolute atomic E-state index is 0.121. The molecular formula is C9H10BrNO3. The lowest BCUT2D eigenvalue weighted by molar-refractivity contribution is -0.606. The van der Waals surface area contributed by atoms with Gasteiger partial charge in [0.2, 0.25) is 0 Å². The Bertz CT molecular complexity index is 321. The average Bonchev–Trinajstić information content (AvgIpc) is 2.01. The Morgan fingerprint density at radius 1 is 1.64 bits per heavy atom. The van der Waals surface area contributed by atoms with E-state index in [1.807, 2.05) is 0 Å². The molecular weight excluding hydrogens is 250 g/mol. The summed E-state index contributed by atoms with van der Waals surface area (Å²) >= 11 is 3.17. The zero-order valence-electron chi connectivity index (χ0n) is 7.70. The zero-order chi connectivity index (χ0) is 10.6. The average molecular weight is 260 g/mol. The molecule has 1 aromatic rings. The van der Waals surface area contributed by atoms with Gasteiger partial charge in [-0.05, 0) is 28.9 Å². The molecule has 0 spiro atoms. The van der Waals surface area contributed by atoms with E-state index in [1.54, 1.807) is 13.0 Å². The molecule has 0 atom stereocenters. The number of rotatable bonds is 3. The summed E-state index contributed by atoms with van der Waals surface area (Å²) < 4.78 is 6.06. The number of ether oxygens (including phenoxy) is 1. The van der Waals surface area contributed by atoms with Crippen molar-refractivity contribution < 1.29 is 14.3 Å². The second-order valence-corrected chi connectivity index (χ2v) is 3.62. The maximum absolute atomic E-state index is 11.1. The molecule has 0 saturated heterocycles. The van der Waals surface area contributed by atoms with Crippen molar-refractivity contribution in [3.63, 3.8) is 0 Å². The minimum Gasteiger partial charge on any atom is -0.619 e. The fourth-order valence-corrected chi connectivity index (χ4v) is 1.55. The summed E-state index contributed by atoms with van der Waals surface area (Å²) in [6.45, 7) is 2.09. The Morgan fingerprint density at radius 2 is 2.36 bits per heavy atom. The molecule has 0 aliphatic rings. The fraction of sp³-hybridized carbons (Fsp3) is 0.333. The normalized spacial score (nSPS) is 9.86. The largest absolute Gasteiger partial charge is 0.619 e. The van der Waals surface area contributed by atoms with Crippen molar-refractivity contribution in [1.29, 1.82) is 0 Å². The number of aromatic nitrogens is 1. The lowest BCUT2D eigenvalue weighted by atomic mass is 10.2. The molecule has 0 saturated carbocycles. The first kappa shape index (κ1) is 11.0. The van der Waals surface area contributed by atoms with E-state index < -0.39 is 0 Å². The summed E-state index contributed by atoms with van der Waals surface area (Å²) in [5, 5.41) is 11.0. The third-order valence-electron chi connectivity index (χ3n) is 1.52. The van der Waals surface area contributed by atoms with Crippen LogP contribution in [0.4, 0.5) is 0 Å². The van der Waals surface area contributed by atoms with Crippen LogP contribution >= 0.6 is 15.9 Å². The molecule has 1 heterocycles. The van der Waals surface area contributed by atoms with E-state index in [0.717, 1.165) is 0 Å². The van der Waals surface area contributed by atoms with Gasteiger partial charge in [0.25, 0.3) is 0 Å². The van der Waals surface area contributed by atoms with Crippen LogP contribution in [-0.2, 0) is 16.0 Å². The molecule has 76 valence electrons. The number of carbonyl (C=O) groups is 1. The molecule has 1 aromatic heterocycles. The SMILES string of the molecule is CCOC(=O)Cc1cc(Br)c[n+]([O-])c1. The summed E-state index contributed by atoms with van der Waals surface area (Å²) in [5.41, 5.74) is 0.632. The van der Waals surface area contributed by atoms with E-state index in [1.165, 1.54) is 12.4 Å². The van der Waals surface area contributed by atoms with Crippen LogP contribution in [0.3, 0.4) is 0 Å². The van der Waals surface area contributed by atoms with Crippen LogP contribution in [0.5, 0.6) is 0 Å². The number of carbonyl (C=O) groups excluding carboxylic acids is 1. The maximum Gasteiger partial charge on any atom is 0.310 e. The summed E-state index contributed by atoms with van der Waals surface area (Å²) in [6.07, 6.45) is 2.84. The molecule has 0 fully saturated rings.